The summed E-state index contributed by atoms with van der Waals surface area (Å²) in [4.78, 5) is 46.1. The van der Waals surface area contributed by atoms with Gasteiger partial charge < -0.3 is 50.8 Å². The van der Waals surface area contributed by atoms with Crippen molar-refractivity contribution in [2.24, 2.45) is 5.73 Å². The molecule has 0 heterocycles. The monoisotopic (exact) mass is 733 g/mol. The van der Waals surface area contributed by atoms with Crippen LogP contribution >= 0.6 is 0 Å². The zero-order valence-corrected chi connectivity index (χ0v) is 31.6. The van der Waals surface area contributed by atoms with Crippen LogP contribution in [0.25, 0.3) is 0 Å². The number of carbonyl (C=O) groups excluding carboxylic acids is 2. The second-order valence-corrected chi connectivity index (χ2v) is 13.0. The van der Waals surface area contributed by atoms with E-state index >= 15 is 0 Å². The van der Waals surface area contributed by atoms with Crippen molar-refractivity contribution >= 4 is 23.8 Å². The van der Waals surface area contributed by atoms with Gasteiger partial charge in [-0.05, 0) is 38.6 Å². The summed E-state index contributed by atoms with van der Waals surface area (Å²) in [5, 5.41) is 26.9. The second-order valence-electron chi connectivity index (χ2n) is 13.0. The van der Waals surface area contributed by atoms with Crippen molar-refractivity contribution in [2.75, 3.05) is 72.5 Å². The zero-order valence-electron chi connectivity index (χ0n) is 31.6. The number of carboxylic acid groups (broad SMARTS) is 2. The van der Waals surface area contributed by atoms with Crippen LogP contribution in [0, 0.1) is 0 Å². The van der Waals surface area contributed by atoms with Gasteiger partial charge in [-0.2, -0.15) is 0 Å². The molecule has 0 saturated heterocycles. The van der Waals surface area contributed by atoms with Crippen LogP contribution in [0.2, 0.25) is 0 Å². The van der Waals surface area contributed by atoms with Gasteiger partial charge in [0.05, 0.1) is 52.9 Å². The number of rotatable bonds is 40. The summed E-state index contributed by atoms with van der Waals surface area (Å²) in [6.45, 7) is 6.65. The Labute approximate surface area is 307 Å². The van der Waals surface area contributed by atoms with E-state index in [2.05, 4.69) is 22.9 Å². The lowest BCUT2D eigenvalue weighted by Gasteiger charge is -2.14. The molecule has 0 saturated carbocycles. The van der Waals surface area contributed by atoms with Gasteiger partial charge in [0.15, 0.2) is 0 Å². The maximum atomic E-state index is 12.1. The molecule has 0 aromatic rings. The summed E-state index contributed by atoms with van der Waals surface area (Å²) in [7, 11) is 0. The summed E-state index contributed by atoms with van der Waals surface area (Å²) in [6.07, 6.45) is 18.9. The Balaban J connectivity index is 3.50. The molecule has 0 rings (SSSR count). The lowest BCUT2D eigenvalue weighted by Crippen LogP contribution is -2.38. The first kappa shape index (κ1) is 48.6. The molecule has 0 radical (unpaired) electrons. The topological polar surface area (TPSA) is 208 Å². The second kappa shape index (κ2) is 37.4. The number of unbranched alkanes of at least 4 members (excludes halogenated alkanes) is 13. The fraction of sp³-hybridized carbons (Fsp3) is 0.892. The molecule has 2 unspecified atom stereocenters. The first-order chi connectivity index (χ1) is 24.8. The quantitative estimate of drug-likeness (QED) is 0.0491. The number of ether oxygens (including phenoxy) is 4. The number of hydrogen-bond acceptors (Lipinski definition) is 10. The van der Waals surface area contributed by atoms with Crippen LogP contribution in [-0.2, 0) is 38.1 Å². The predicted molar refractivity (Wildman–Crippen MR) is 198 cm³/mol. The molecule has 0 bridgehead atoms. The van der Waals surface area contributed by atoms with Crippen LogP contribution in [0.5, 0.6) is 0 Å². The van der Waals surface area contributed by atoms with Gasteiger partial charge in [0.2, 0.25) is 11.8 Å². The molecule has 0 aliphatic carbocycles. The van der Waals surface area contributed by atoms with Crippen molar-refractivity contribution in [3.8, 4) is 0 Å². The fourth-order valence-corrected chi connectivity index (χ4v) is 5.21. The minimum absolute atomic E-state index is 0.122. The van der Waals surface area contributed by atoms with E-state index in [4.69, 9.17) is 29.8 Å². The molecule has 0 spiro atoms. The molecule has 0 aliphatic rings. The SMILES string of the molecule is CCCCCCCCCCCCCCCNC(CCC(=O)NCCOCCOCCOCCOCCC(=O)NCCCCC(N)C(=O)O)C(=O)O. The molecule has 7 N–H and O–H groups in total. The number of nitrogens with two attached hydrogens (primary N) is 1. The number of nitrogens with one attached hydrogen (secondary N) is 3. The summed E-state index contributed by atoms with van der Waals surface area (Å²) >= 11 is 0. The Morgan fingerprint density at radius 3 is 1.49 bits per heavy atom. The summed E-state index contributed by atoms with van der Waals surface area (Å²) in [5.74, 6) is -2.26. The average molecular weight is 733 g/mol. The summed E-state index contributed by atoms with van der Waals surface area (Å²) in [6, 6.07) is -1.58. The molecular weight excluding hydrogens is 660 g/mol. The van der Waals surface area contributed by atoms with Crippen LogP contribution in [0.1, 0.15) is 129 Å². The van der Waals surface area contributed by atoms with E-state index < -0.39 is 24.0 Å². The number of carbonyl (C=O) groups is 4. The van der Waals surface area contributed by atoms with Gasteiger partial charge in [0, 0.05) is 25.9 Å². The Bertz CT molecular complexity index is 852. The Hall–Kier alpha value is -2.36. The van der Waals surface area contributed by atoms with Crippen LogP contribution in [0.3, 0.4) is 0 Å². The third kappa shape index (κ3) is 35.8. The van der Waals surface area contributed by atoms with Crippen molar-refractivity contribution < 1.29 is 48.3 Å². The number of amides is 2. The molecule has 14 nitrogen and oxygen atoms in total. The van der Waals surface area contributed by atoms with E-state index in [9.17, 15) is 24.3 Å². The zero-order chi connectivity index (χ0) is 37.6. The Morgan fingerprint density at radius 2 is 0.961 bits per heavy atom. The molecule has 300 valence electrons. The third-order valence-corrected chi connectivity index (χ3v) is 8.37. The fourth-order valence-electron chi connectivity index (χ4n) is 5.21. The summed E-state index contributed by atoms with van der Waals surface area (Å²) in [5.41, 5.74) is 5.43. The van der Waals surface area contributed by atoms with Crippen LogP contribution < -0.4 is 21.7 Å². The molecule has 2 amide bonds. The van der Waals surface area contributed by atoms with Gasteiger partial charge in [0.25, 0.3) is 0 Å². The molecular formula is C37H72N4O10. The molecule has 51 heavy (non-hydrogen) atoms. The van der Waals surface area contributed by atoms with Crippen molar-refractivity contribution in [1.29, 1.82) is 0 Å². The number of hydrogen-bond donors (Lipinski definition) is 6. The third-order valence-electron chi connectivity index (χ3n) is 8.37. The van der Waals surface area contributed by atoms with Crippen molar-refractivity contribution in [3.05, 3.63) is 0 Å². The minimum atomic E-state index is -1.01. The molecule has 0 aromatic carbocycles. The van der Waals surface area contributed by atoms with Gasteiger partial charge in [-0.1, -0.05) is 84.0 Å². The Kier molecular flexibility index (Phi) is 35.7. The number of aliphatic carboxylic acids is 2. The molecule has 0 fully saturated rings. The number of carboxylic acids is 2. The van der Waals surface area contributed by atoms with E-state index in [1.165, 1.54) is 70.6 Å². The maximum absolute atomic E-state index is 12.1. The van der Waals surface area contributed by atoms with E-state index in [1.54, 1.807) is 0 Å². The first-order valence-electron chi connectivity index (χ1n) is 19.6. The maximum Gasteiger partial charge on any atom is 0.320 e. The average Bonchev–Trinajstić information content (AvgIpc) is 3.10. The molecule has 0 aromatic heterocycles. The standard InChI is InChI=1S/C37H72N4O10/c1-2-3-4-5-6-7-8-9-10-11-12-13-15-21-39-33(37(46)47)18-19-34(42)41-23-25-49-27-29-51-31-30-50-28-26-48-24-20-35(43)40-22-16-14-17-32(38)36(44)45/h32-33,39H,2-31,38H2,1H3,(H,40,43)(H,41,42)(H,44,45)(H,46,47). The van der Waals surface area contributed by atoms with Crippen molar-refractivity contribution in [3.63, 3.8) is 0 Å². The lowest BCUT2D eigenvalue weighted by molar-refractivity contribution is -0.140. The highest BCUT2D eigenvalue weighted by Gasteiger charge is 2.17. The Morgan fingerprint density at radius 1 is 0.510 bits per heavy atom. The first-order valence-corrected chi connectivity index (χ1v) is 19.6. The normalized spacial score (nSPS) is 12.4. The van der Waals surface area contributed by atoms with Gasteiger partial charge in [-0.25, -0.2) is 0 Å². The van der Waals surface area contributed by atoms with Crippen molar-refractivity contribution in [1.82, 2.24) is 16.0 Å². The van der Waals surface area contributed by atoms with Crippen LogP contribution in [0.15, 0.2) is 0 Å². The summed E-state index contributed by atoms with van der Waals surface area (Å²) < 4.78 is 21.7. The van der Waals surface area contributed by atoms with Gasteiger partial charge >= 0.3 is 11.9 Å². The van der Waals surface area contributed by atoms with E-state index in [0.717, 1.165) is 12.8 Å². The molecule has 0 aliphatic heterocycles. The minimum Gasteiger partial charge on any atom is -0.480 e. The van der Waals surface area contributed by atoms with Crippen LogP contribution in [0.4, 0.5) is 0 Å². The highest BCUT2D eigenvalue weighted by atomic mass is 16.6. The van der Waals surface area contributed by atoms with Gasteiger partial charge in [-0.15, -0.1) is 0 Å². The predicted octanol–water partition coefficient (Wildman–Crippen LogP) is 4.17. The van der Waals surface area contributed by atoms with Crippen molar-refractivity contribution in [2.45, 2.75) is 141 Å². The van der Waals surface area contributed by atoms with Gasteiger partial charge in [0.1, 0.15) is 12.1 Å². The van der Waals surface area contributed by atoms with E-state index in [-0.39, 0.29) is 37.7 Å². The smallest absolute Gasteiger partial charge is 0.320 e. The highest BCUT2D eigenvalue weighted by molar-refractivity contribution is 5.78. The largest absolute Gasteiger partial charge is 0.480 e. The van der Waals surface area contributed by atoms with Crippen LogP contribution in [-0.4, -0.2) is 119 Å². The molecule has 2 atom stereocenters. The van der Waals surface area contributed by atoms with Gasteiger partial charge in [-0.3, -0.25) is 19.2 Å². The van der Waals surface area contributed by atoms with E-state index in [1.807, 2.05) is 0 Å². The lowest BCUT2D eigenvalue weighted by atomic mass is 10.0. The van der Waals surface area contributed by atoms with E-state index in [0.29, 0.717) is 85.1 Å². The molecule has 14 heteroatoms. The highest BCUT2D eigenvalue weighted by Crippen LogP contribution is 2.12.